The van der Waals surface area contributed by atoms with Crippen LogP contribution in [-0.4, -0.2) is 44.2 Å². The molecule has 134 valence electrons. The number of nitrogens with one attached hydrogen (secondary N) is 1. The lowest BCUT2D eigenvalue weighted by Gasteiger charge is -2.33. The standard InChI is InChI=1S/C18H26N6O/c1-2-13-7-3-4-9-15(13)20-18-22-16(21-17(19)23-18)11-24-10-6-5-8-14(24)12-25/h3-4,7,9,14,25H,2,5-6,8,10-12H2,1H3,(H3,19,20,21,22,23). The number of nitrogen functional groups attached to an aromatic ring is 1. The zero-order valence-electron chi connectivity index (χ0n) is 14.6. The molecule has 1 aliphatic heterocycles. The second-order valence-corrected chi connectivity index (χ2v) is 6.37. The van der Waals surface area contributed by atoms with Gasteiger partial charge in [0.15, 0.2) is 0 Å². The Balaban J connectivity index is 1.78. The minimum atomic E-state index is 0.162. The molecule has 7 nitrogen and oxygen atoms in total. The van der Waals surface area contributed by atoms with Crippen LogP contribution in [0, 0.1) is 0 Å². The van der Waals surface area contributed by atoms with Gasteiger partial charge < -0.3 is 16.2 Å². The molecule has 2 aromatic rings. The molecule has 7 heteroatoms. The number of benzene rings is 1. The van der Waals surface area contributed by atoms with E-state index in [2.05, 4.69) is 38.2 Å². The summed E-state index contributed by atoms with van der Waals surface area (Å²) in [5.74, 6) is 1.30. The van der Waals surface area contributed by atoms with Crippen molar-refractivity contribution in [2.24, 2.45) is 0 Å². The molecule has 0 amide bonds. The van der Waals surface area contributed by atoms with Gasteiger partial charge in [-0.1, -0.05) is 31.5 Å². The average Bonchev–Trinajstić information content (AvgIpc) is 2.62. The first-order valence-electron chi connectivity index (χ1n) is 8.90. The van der Waals surface area contributed by atoms with Gasteiger partial charge in [0.1, 0.15) is 5.82 Å². The minimum Gasteiger partial charge on any atom is -0.395 e. The van der Waals surface area contributed by atoms with Crippen molar-refractivity contribution in [1.82, 2.24) is 19.9 Å². The maximum atomic E-state index is 9.57. The SMILES string of the molecule is CCc1ccccc1Nc1nc(N)nc(CN2CCCCC2CO)n1. The monoisotopic (exact) mass is 342 g/mol. The summed E-state index contributed by atoms with van der Waals surface area (Å²) in [6.45, 7) is 3.79. The van der Waals surface area contributed by atoms with E-state index in [1.165, 1.54) is 5.56 Å². The summed E-state index contributed by atoms with van der Waals surface area (Å²) >= 11 is 0. The first-order valence-corrected chi connectivity index (χ1v) is 8.90. The average molecular weight is 342 g/mol. The molecule has 0 spiro atoms. The van der Waals surface area contributed by atoms with Gasteiger partial charge in [0.05, 0.1) is 13.2 Å². The molecule has 2 heterocycles. The van der Waals surface area contributed by atoms with E-state index < -0.39 is 0 Å². The van der Waals surface area contributed by atoms with Gasteiger partial charge in [-0.05, 0) is 37.4 Å². The summed E-state index contributed by atoms with van der Waals surface area (Å²) in [6, 6.07) is 8.25. The third-order valence-electron chi connectivity index (χ3n) is 4.65. The maximum absolute atomic E-state index is 9.57. The van der Waals surface area contributed by atoms with Gasteiger partial charge in [0, 0.05) is 11.7 Å². The number of aliphatic hydroxyl groups excluding tert-OH is 1. The second-order valence-electron chi connectivity index (χ2n) is 6.37. The van der Waals surface area contributed by atoms with Crippen LogP contribution >= 0.6 is 0 Å². The van der Waals surface area contributed by atoms with Crippen LogP contribution in [0.3, 0.4) is 0 Å². The van der Waals surface area contributed by atoms with Gasteiger partial charge in [-0.2, -0.15) is 15.0 Å². The van der Waals surface area contributed by atoms with E-state index in [1.54, 1.807) is 0 Å². The number of nitrogens with two attached hydrogens (primary N) is 1. The fourth-order valence-corrected chi connectivity index (χ4v) is 3.29. The van der Waals surface area contributed by atoms with E-state index in [0.29, 0.717) is 18.3 Å². The zero-order valence-corrected chi connectivity index (χ0v) is 14.6. The first kappa shape index (κ1) is 17.6. The number of aryl methyl sites for hydroxylation is 1. The Bertz CT molecular complexity index is 708. The van der Waals surface area contributed by atoms with Crippen LogP contribution in [-0.2, 0) is 13.0 Å². The van der Waals surface area contributed by atoms with Crippen molar-refractivity contribution >= 4 is 17.6 Å². The van der Waals surface area contributed by atoms with Crippen molar-refractivity contribution in [3.8, 4) is 0 Å². The topological polar surface area (TPSA) is 100 Å². The third-order valence-corrected chi connectivity index (χ3v) is 4.65. The number of aromatic nitrogens is 3. The predicted octanol–water partition coefficient (Wildman–Crippen LogP) is 2.11. The summed E-state index contributed by atoms with van der Waals surface area (Å²) in [6.07, 6.45) is 4.21. The lowest BCUT2D eigenvalue weighted by Crippen LogP contribution is -2.41. The molecule has 3 rings (SSSR count). The minimum absolute atomic E-state index is 0.162. The van der Waals surface area contributed by atoms with Gasteiger partial charge in [-0.25, -0.2) is 0 Å². The van der Waals surface area contributed by atoms with Crippen LogP contribution in [0.1, 0.15) is 37.6 Å². The first-order chi connectivity index (χ1) is 12.2. The number of piperidine rings is 1. The lowest BCUT2D eigenvalue weighted by atomic mass is 10.0. The number of hydrogen-bond acceptors (Lipinski definition) is 7. The predicted molar refractivity (Wildman–Crippen MR) is 98.5 cm³/mol. The molecule has 4 N–H and O–H groups in total. The fourth-order valence-electron chi connectivity index (χ4n) is 3.29. The number of aliphatic hydroxyl groups is 1. The van der Waals surface area contributed by atoms with Crippen LogP contribution < -0.4 is 11.1 Å². The summed E-state index contributed by atoms with van der Waals surface area (Å²) in [5, 5.41) is 12.8. The Morgan fingerprint density at radius 3 is 2.88 bits per heavy atom. The fraction of sp³-hybridized carbons (Fsp3) is 0.500. The van der Waals surface area contributed by atoms with Crippen molar-refractivity contribution in [1.29, 1.82) is 0 Å². The Morgan fingerprint density at radius 1 is 1.24 bits per heavy atom. The largest absolute Gasteiger partial charge is 0.395 e. The molecule has 25 heavy (non-hydrogen) atoms. The highest BCUT2D eigenvalue weighted by molar-refractivity contribution is 5.58. The van der Waals surface area contributed by atoms with Gasteiger partial charge in [0.2, 0.25) is 11.9 Å². The summed E-state index contributed by atoms with van der Waals surface area (Å²) in [4.78, 5) is 15.2. The van der Waals surface area contributed by atoms with E-state index in [1.807, 2.05) is 18.2 Å². The number of nitrogens with zero attached hydrogens (tertiary/aromatic N) is 4. The third kappa shape index (κ3) is 4.43. The highest BCUT2D eigenvalue weighted by Gasteiger charge is 2.23. The molecule has 0 bridgehead atoms. The summed E-state index contributed by atoms with van der Waals surface area (Å²) in [5.41, 5.74) is 8.06. The molecule has 0 saturated carbocycles. The van der Waals surface area contributed by atoms with E-state index >= 15 is 0 Å². The van der Waals surface area contributed by atoms with Gasteiger partial charge in [-0.3, -0.25) is 4.90 Å². The van der Waals surface area contributed by atoms with E-state index in [0.717, 1.165) is 37.9 Å². The van der Waals surface area contributed by atoms with E-state index in [-0.39, 0.29) is 18.6 Å². The Labute approximate surface area is 148 Å². The molecule has 1 unspecified atom stereocenters. The molecule has 1 aromatic carbocycles. The van der Waals surface area contributed by atoms with E-state index in [4.69, 9.17) is 5.73 Å². The van der Waals surface area contributed by atoms with Crippen LogP contribution in [0.5, 0.6) is 0 Å². The molecule has 1 aromatic heterocycles. The van der Waals surface area contributed by atoms with Crippen molar-refractivity contribution < 1.29 is 5.11 Å². The molecule has 1 atom stereocenters. The van der Waals surface area contributed by atoms with Crippen LogP contribution in [0.2, 0.25) is 0 Å². The summed E-state index contributed by atoms with van der Waals surface area (Å²) in [7, 11) is 0. The Kier molecular flexibility index (Phi) is 5.78. The van der Waals surface area contributed by atoms with Crippen LogP contribution in [0.15, 0.2) is 24.3 Å². The smallest absolute Gasteiger partial charge is 0.232 e. The number of anilines is 3. The van der Waals surface area contributed by atoms with Gasteiger partial charge >= 0.3 is 0 Å². The number of rotatable bonds is 6. The molecule has 1 fully saturated rings. The molecule has 1 aliphatic rings. The molecular formula is C18H26N6O. The Morgan fingerprint density at radius 2 is 2.08 bits per heavy atom. The number of hydrogen-bond donors (Lipinski definition) is 3. The van der Waals surface area contributed by atoms with Crippen molar-refractivity contribution in [3.63, 3.8) is 0 Å². The van der Waals surface area contributed by atoms with E-state index in [9.17, 15) is 5.11 Å². The van der Waals surface area contributed by atoms with Crippen molar-refractivity contribution in [2.75, 3.05) is 24.2 Å². The molecular weight excluding hydrogens is 316 g/mol. The highest BCUT2D eigenvalue weighted by Crippen LogP contribution is 2.21. The maximum Gasteiger partial charge on any atom is 0.232 e. The summed E-state index contributed by atoms with van der Waals surface area (Å²) < 4.78 is 0. The highest BCUT2D eigenvalue weighted by atomic mass is 16.3. The molecule has 1 saturated heterocycles. The van der Waals surface area contributed by atoms with Crippen molar-refractivity contribution in [3.05, 3.63) is 35.7 Å². The Hall–Kier alpha value is -2.25. The quantitative estimate of drug-likeness (QED) is 0.739. The normalized spacial score (nSPS) is 18.2. The second kappa shape index (κ2) is 8.22. The molecule has 0 radical (unpaired) electrons. The number of para-hydroxylation sites is 1. The lowest BCUT2D eigenvalue weighted by molar-refractivity contribution is 0.0819. The van der Waals surface area contributed by atoms with Gasteiger partial charge in [-0.15, -0.1) is 0 Å². The van der Waals surface area contributed by atoms with Crippen molar-refractivity contribution in [2.45, 2.75) is 45.2 Å². The van der Waals surface area contributed by atoms with Crippen LogP contribution in [0.25, 0.3) is 0 Å². The van der Waals surface area contributed by atoms with Crippen LogP contribution in [0.4, 0.5) is 17.6 Å². The zero-order chi connectivity index (χ0) is 17.6. The molecule has 0 aliphatic carbocycles. The van der Waals surface area contributed by atoms with Gasteiger partial charge in [0.25, 0.3) is 0 Å². The number of likely N-dealkylation sites (tertiary alicyclic amines) is 1.